The van der Waals surface area contributed by atoms with Gasteiger partial charge in [0.1, 0.15) is 19.8 Å². The van der Waals surface area contributed by atoms with Crippen LogP contribution in [0.3, 0.4) is 0 Å². The zero-order valence-electron chi connectivity index (χ0n) is 34.3. The lowest BCUT2D eigenvalue weighted by molar-refractivity contribution is -0.870. The second-order valence-electron chi connectivity index (χ2n) is 16.0. The van der Waals surface area contributed by atoms with E-state index in [1.165, 1.54) is 122 Å². The molecule has 0 aromatic carbocycles. The molecule has 3 atom stereocenters. The average molecular weight is 749 g/mol. The first-order valence-corrected chi connectivity index (χ1v) is 22.7. The van der Waals surface area contributed by atoms with Crippen molar-refractivity contribution >= 4 is 19.8 Å². The number of hydrogen-bond donors (Lipinski definition) is 1. The monoisotopic (exact) mass is 749 g/mol. The van der Waals surface area contributed by atoms with Crippen molar-refractivity contribution in [2.45, 2.75) is 200 Å². The Labute approximate surface area is 314 Å². The second kappa shape index (κ2) is 33.6. The molecule has 0 spiro atoms. The summed E-state index contributed by atoms with van der Waals surface area (Å²) in [7, 11) is 1.49. The summed E-state index contributed by atoms with van der Waals surface area (Å²) in [4.78, 5) is 35.3. The molecular formula is C41H83NO8P+. The quantitative estimate of drug-likeness (QED) is 0.0288. The summed E-state index contributed by atoms with van der Waals surface area (Å²) in [6, 6.07) is 0. The van der Waals surface area contributed by atoms with Gasteiger partial charge in [0.05, 0.1) is 27.7 Å². The maximum atomic E-state index is 12.7. The number of esters is 2. The number of rotatable bonds is 38. The van der Waals surface area contributed by atoms with Gasteiger partial charge in [0, 0.05) is 12.8 Å². The fourth-order valence-electron chi connectivity index (χ4n) is 6.08. The molecule has 0 saturated heterocycles. The third-order valence-corrected chi connectivity index (χ3v) is 10.5. The Hall–Kier alpha value is -0.990. The van der Waals surface area contributed by atoms with Gasteiger partial charge in [-0.3, -0.25) is 18.6 Å². The Morgan fingerprint density at radius 2 is 1.00 bits per heavy atom. The van der Waals surface area contributed by atoms with E-state index >= 15 is 0 Å². The molecule has 0 amide bonds. The molecular weight excluding hydrogens is 665 g/mol. The number of hydrogen-bond acceptors (Lipinski definition) is 7. The van der Waals surface area contributed by atoms with E-state index in [0.717, 1.165) is 38.0 Å². The van der Waals surface area contributed by atoms with Gasteiger partial charge >= 0.3 is 19.8 Å². The molecule has 9 nitrogen and oxygen atoms in total. The van der Waals surface area contributed by atoms with Gasteiger partial charge in [0.15, 0.2) is 6.10 Å². The Bertz CT molecular complexity index is 865. The van der Waals surface area contributed by atoms with Crippen LogP contribution in [0.1, 0.15) is 194 Å². The highest BCUT2D eigenvalue weighted by molar-refractivity contribution is 7.47. The smallest absolute Gasteiger partial charge is 0.462 e. The number of unbranched alkanes of at least 4 members (excludes halogenated alkanes) is 20. The van der Waals surface area contributed by atoms with E-state index in [9.17, 15) is 19.0 Å². The van der Waals surface area contributed by atoms with Crippen molar-refractivity contribution in [1.82, 2.24) is 0 Å². The number of phosphoric acid groups is 1. The normalized spacial score (nSPS) is 14.3. The van der Waals surface area contributed by atoms with Crippen LogP contribution in [-0.4, -0.2) is 74.9 Å². The Morgan fingerprint density at radius 1 is 0.588 bits per heavy atom. The highest BCUT2D eigenvalue weighted by Crippen LogP contribution is 2.43. The summed E-state index contributed by atoms with van der Waals surface area (Å²) in [5.74, 6) is -0.0349. The number of ether oxygens (including phenoxy) is 2. The zero-order chi connectivity index (χ0) is 38.1. The fourth-order valence-corrected chi connectivity index (χ4v) is 6.83. The predicted molar refractivity (Wildman–Crippen MR) is 211 cm³/mol. The molecule has 0 radical (unpaired) electrons. The van der Waals surface area contributed by atoms with Gasteiger partial charge in [0.25, 0.3) is 0 Å². The molecule has 0 aromatic rings. The maximum Gasteiger partial charge on any atom is 0.472 e. The number of quaternary nitrogens is 1. The summed E-state index contributed by atoms with van der Waals surface area (Å²) in [5.41, 5.74) is 0. The van der Waals surface area contributed by atoms with E-state index in [2.05, 4.69) is 20.8 Å². The Kier molecular flexibility index (Phi) is 32.9. The number of carbonyl (C=O) groups is 2. The minimum Gasteiger partial charge on any atom is -0.462 e. The van der Waals surface area contributed by atoms with E-state index < -0.39 is 26.5 Å². The van der Waals surface area contributed by atoms with Crippen LogP contribution in [0.15, 0.2) is 0 Å². The zero-order valence-corrected chi connectivity index (χ0v) is 35.2. The van der Waals surface area contributed by atoms with Crippen LogP contribution in [-0.2, 0) is 32.7 Å². The molecule has 0 aliphatic rings. The standard InChI is InChI=1S/C41H82NO8P/c1-7-9-11-13-15-16-17-18-19-20-21-23-29-33-41(44)50-39(37-49-51(45,46)48-35-34-42(4,5)6)36-47-40(43)32-28-25-24-27-31-38(3)30-26-22-14-12-10-8-2/h38-39H,7-37H2,1-6H3/p+1/t38-,39+/m0/s1. The number of likely N-dealkylation sites (N-methyl/N-ethyl adjacent to an activating group) is 1. The molecule has 0 aromatic heterocycles. The van der Waals surface area contributed by atoms with Crippen LogP contribution in [0.2, 0.25) is 0 Å². The molecule has 0 rings (SSSR count). The molecule has 10 heteroatoms. The van der Waals surface area contributed by atoms with Gasteiger partial charge in [0.2, 0.25) is 0 Å². The Balaban J connectivity index is 4.43. The lowest BCUT2D eigenvalue weighted by Crippen LogP contribution is -2.37. The topological polar surface area (TPSA) is 108 Å². The van der Waals surface area contributed by atoms with E-state index in [1.807, 2.05) is 21.1 Å². The summed E-state index contributed by atoms with van der Waals surface area (Å²) in [5, 5.41) is 0. The molecule has 1 N–H and O–H groups in total. The third-order valence-electron chi connectivity index (χ3n) is 9.53. The summed E-state index contributed by atoms with van der Waals surface area (Å²) >= 11 is 0. The van der Waals surface area contributed by atoms with Crippen molar-refractivity contribution in [3.8, 4) is 0 Å². The van der Waals surface area contributed by atoms with Crippen LogP contribution >= 0.6 is 7.82 Å². The summed E-state index contributed by atoms with van der Waals surface area (Å²) in [6.45, 7) is 6.78. The first-order valence-electron chi connectivity index (χ1n) is 21.2. The number of nitrogens with zero attached hydrogens (tertiary/aromatic N) is 1. The van der Waals surface area contributed by atoms with Crippen molar-refractivity contribution in [3.63, 3.8) is 0 Å². The van der Waals surface area contributed by atoms with Gasteiger partial charge in [-0.25, -0.2) is 4.57 Å². The van der Waals surface area contributed by atoms with Gasteiger partial charge < -0.3 is 18.9 Å². The second-order valence-corrected chi connectivity index (χ2v) is 17.5. The van der Waals surface area contributed by atoms with Crippen LogP contribution in [0.25, 0.3) is 0 Å². The molecule has 1 unspecified atom stereocenters. The molecule has 0 fully saturated rings. The van der Waals surface area contributed by atoms with Gasteiger partial charge in [-0.2, -0.15) is 0 Å². The number of carbonyl (C=O) groups excluding carboxylic acids is 2. The number of phosphoric ester groups is 1. The van der Waals surface area contributed by atoms with E-state index in [-0.39, 0.29) is 25.6 Å². The van der Waals surface area contributed by atoms with Crippen LogP contribution in [0.5, 0.6) is 0 Å². The van der Waals surface area contributed by atoms with E-state index in [0.29, 0.717) is 23.9 Å². The molecule has 0 aliphatic carbocycles. The van der Waals surface area contributed by atoms with Crippen molar-refractivity contribution in [3.05, 3.63) is 0 Å². The minimum absolute atomic E-state index is 0.0355. The highest BCUT2D eigenvalue weighted by Gasteiger charge is 2.27. The lowest BCUT2D eigenvalue weighted by atomic mass is 9.96. The minimum atomic E-state index is -4.36. The average Bonchev–Trinajstić information content (AvgIpc) is 3.07. The molecule has 0 saturated carbocycles. The van der Waals surface area contributed by atoms with Crippen LogP contribution < -0.4 is 0 Å². The van der Waals surface area contributed by atoms with Gasteiger partial charge in [-0.05, 0) is 18.8 Å². The largest absolute Gasteiger partial charge is 0.472 e. The Morgan fingerprint density at radius 3 is 1.45 bits per heavy atom. The fraction of sp³-hybridized carbons (Fsp3) is 0.951. The van der Waals surface area contributed by atoms with Gasteiger partial charge in [-0.15, -0.1) is 0 Å². The van der Waals surface area contributed by atoms with Crippen molar-refractivity contribution in [1.29, 1.82) is 0 Å². The third kappa shape index (κ3) is 37.1. The van der Waals surface area contributed by atoms with Crippen LogP contribution in [0, 0.1) is 5.92 Å². The van der Waals surface area contributed by atoms with Crippen LogP contribution in [0.4, 0.5) is 0 Å². The van der Waals surface area contributed by atoms with Gasteiger partial charge in [-0.1, -0.05) is 168 Å². The van der Waals surface area contributed by atoms with Crippen molar-refractivity contribution < 1.29 is 42.1 Å². The van der Waals surface area contributed by atoms with Crippen molar-refractivity contribution in [2.75, 3.05) is 47.5 Å². The van der Waals surface area contributed by atoms with Crippen molar-refractivity contribution in [2.24, 2.45) is 5.92 Å². The molecule has 51 heavy (non-hydrogen) atoms. The predicted octanol–water partition coefficient (Wildman–Crippen LogP) is 11.5. The maximum absolute atomic E-state index is 12.7. The molecule has 0 heterocycles. The lowest BCUT2D eigenvalue weighted by Gasteiger charge is -2.24. The summed E-state index contributed by atoms with van der Waals surface area (Å²) in [6.07, 6.45) is 30.0. The summed E-state index contributed by atoms with van der Waals surface area (Å²) < 4.78 is 34.3. The molecule has 304 valence electrons. The molecule has 0 bridgehead atoms. The van der Waals surface area contributed by atoms with E-state index in [1.54, 1.807) is 0 Å². The highest BCUT2D eigenvalue weighted by atomic mass is 31.2. The molecule has 0 aliphatic heterocycles. The first kappa shape index (κ1) is 50.0. The first-order chi connectivity index (χ1) is 24.4. The van der Waals surface area contributed by atoms with E-state index in [4.69, 9.17) is 18.5 Å². The SMILES string of the molecule is CCCCCCCCCCCCCCCC(=O)O[C@H](COC(=O)CCCCCC[C@@H](C)CCCCCCCC)COP(=O)(O)OCC[N+](C)(C)C.